The molecule has 6 nitrogen and oxygen atoms in total. The van der Waals surface area contributed by atoms with Crippen molar-refractivity contribution in [1.29, 1.82) is 0 Å². The van der Waals surface area contributed by atoms with Crippen LogP contribution in [-0.4, -0.2) is 41.0 Å². The summed E-state index contributed by atoms with van der Waals surface area (Å²) in [4.78, 5) is 0.186. The molecule has 0 unspecified atom stereocenters. The van der Waals surface area contributed by atoms with Gasteiger partial charge in [0.1, 0.15) is 0 Å². The summed E-state index contributed by atoms with van der Waals surface area (Å²) in [6, 6.07) is 15.6. The monoisotopic (exact) mass is 382 g/mol. The molecule has 0 saturated carbocycles. The number of benzene rings is 2. The van der Waals surface area contributed by atoms with Crippen LogP contribution in [-0.2, 0) is 33.0 Å². The highest BCUT2D eigenvalue weighted by Gasteiger charge is 2.17. The number of nitrogens with zero attached hydrogens (tertiary/aromatic N) is 1. The van der Waals surface area contributed by atoms with Gasteiger partial charge < -0.3 is 0 Å². The van der Waals surface area contributed by atoms with Crippen molar-refractivity contribution < 1.29 is 16.8 Å². The highest BCUT2D eigenvalue weighted by molar-refractivity contribution is 7.89. The average molecular weight is 383 g/mol. The molecule has 2 aromatic rings. The molecule has 0 aromatic heterocycles. The van der Waals surface area contributed by atoms with Crippen molar-refractivity contribution in [1.82, 2.24) is 9.03 Å². The normalized spacial score (nSPS) is 12.4. The molecule has 136 valence electrons. The van der Waals surface area contributed by atoms with E-state index in [0.717, 1.165) is 15.4 Å². The Balaban J connectivity index is 1.94. The topological polar surface area (TPSA) is 83.6 Å². The van der Waals surface area contributed by atoms with Crippen LogP contribution < -0.4 is 4.72 Å². The lowest BCUT2D eigenvalue weighted by atomic mass is 10.2. The molecule has 0 saturated heterocycles. The van der Waals surface area contributed by atoms with E-state index in [1.165, 1.54) is 26.2 Å². The summed E-state index contributed by atoms with van der Waals surface area (Å²) in [5.74, 6) is -0.0559. The third-order valence-electron chi connectivity index (χ3n) is 3.70. The molecule has 2 rings (SSSR count). The number of aryl methyl sites for hydroxylation is 1. The quantitative estimate of drug-likeness (QED) is 0.752. The molecule has 0 fully saturated rings. The minimum Gasteiger partial charge on any atom is -0.212 e. The van der Waals surface area contributed by atoms with Crippen LogP contribution in [0.4, 0.5) is 0 Å². The van der Waals surface area contributed by atoms with Crippen molar-refractivity contribution in [2.45, 2.75) is 17.9 Å². The van der Waals surface area contributed by atoms with Crippen molar-refractivity contribution in [3.05, 3.63) is 65.7 Å². The van der Waals surface area contributed by atoms with Crippen molar-refractivity contribution in [2.75, 3.05) is 19.8 Å². The molecule has 0 atom stereocenters. The van der Waals surface area contributed by atoms with Gasteiger partial charge in [0.05, 0.1) is 10.6 Å². The summed E-state index contributed by atoms with van der Waals surface area (Å²) >= 11 is 0. The fourth-order valence-electron chi connectivity index (χ4n) is 2.15. The van der Waals surface area contributed by atoms with Crippen LogP contribution >= 0.6 is 0 Å². The molecular formula is C17H22N2O4S2. The van der Waals surface area contributed by atoms with E-state index in [2.05, 4.69) is 4.72 Å². The predicted molar refractivity (Wildman–Crippen MR) is 98.1 cm³/mol. The van der Waals surface area contributed by atoms with Crippen LogP contribution in [0.5, 0.6) is 0 Å². The Labute approximate surface area is 149 Å². The molecule has 25 heavy (non-hydrogen) atoms. The zero-order valence-electron chi connectivity index (χ0n) is 14.2. The average Bonchev–Trinajstić information content (AvgIpc) is 2.59. The molecule has 8 heteroatoms. The van der Waals surface area contributed by atoms with Gasteiger partial charge >= 0.3 is 0 Å². The van der Waals surface area contributed by atoms with E-state index >= 15 is 0 Å². The van der Waals surface area contributed by atoms with E-state index in [1.807, 2.05) is 30.3 Å². The van der Waals surface area contributed by atoms with Gasteiger partial charge in [-0.05, 0) is 29.7 Å². The van der Waals surface area contributed by atoms with E-state index in [4.69, 9.17) is 0 Å². The third-order valence-corrected chi connectivity index (χ3v) is 6.86. The van der Waals surface area contributed by atoms with Crippen LogP contribution in [0.2, 0.25) is 0 Å². The van der Waals surface area contributed by atoms with Gasteiger partial charge in [0.2, 0.25) is 20.0 Å². The van der Waals surface area contributed by atoms with E-state index in [-0.39, 0.29) is 17.2 Å². The van der Waals surface area contributed by atoms with E-state index in [9.17, 15) is 16.8 Å². The maximum absolute atomic E-state index is 12.1. The lowest BCUT2D eigenvalue weighted by Crippen LogP contribution is -2.26. The largest absolute Gasteiger partial charge is 0.242 e. The van der Waals surface area contributed by atoms with Gasteiger partial charge in [0.25, 0.3) is 0 Å². The maximum atomic E-state index is 12.1. The zero-order valence-corrected chi connectivity index (χ0v) is 15.8. The second kappa shape index (κ2) is 8.09. The first-order valence-corrected chi connectivity index (χ1v) is 10.8. The second-order valence-corrected chi connectivity index (χ2v) is 9.89. The van der Waals surface area contributed by atoms with E-state index < -0.39 is 20.0 Å². The SMILES string of the molecule is CN(C)S(=O)(=O)c1ccc(CCS(=O)(=O)NCc2ccccc2)cc1. The first kappa shape index (κ1) is 19.6. The van der Waals surface area contributed by atoms with Gasteiger partial charge in [-0.15, -0.1) is 0 Å². The minimum atomic E-state index is -3.47. The van der Waals surface area contributed by atoms with Crippen molar-refractivity contribution in [2.24, 2.45) is 0 Å². The number of nitrogens with one attached hydrogen (secondary N) is 1. The number of hydrogen-bond acceptors (Lipinski definition) is 4. The number of sulfonamides is 2. The summed E-state index contributed by atoms with van der Waals surface area (Å²) in [6.45, 7) is 0.253. The third kappa shape index (κ3) is 5.64. The second-order valence-electron chi connectivity index (χ2n) is 5.81. The Hall–Kier alpha value is -1.74. The zero-order chi connectivity index (χ0) is 18.5. The smallest absolute Gasteiger partial charge is 0.212 e. The van der Waals surface area contributed by atoms with Crippen molar-refractivity contribution >= 4 is 20.0 Å². The Kier molecular flexibility index (Phi) is 6.34. The molecule has 0 radical (unpaired) electrons. The number of hydrogen-bond donors (Lipinski definition) is 1. The van der Waals surface area contributed by atoms with Gasteiger partial charge in [-0.25, -0.2) is 25.9 Å². The molecule has 0 aliphatic rings. The van der Waals surface area contributed by atoms with Gasteiger partial charge in [-0.1, -0.05) is 42.5 Å². The maximum Gasteiger partial charge on any atom is 0.242 e. The highest BCUT2D eigenvalue weighted by Crippen LogP contribution is 2.14. The highest BCUT2D eigenvalue weighted by atomic mass is 32.2. The Morgan fingerprint density at radius 1 is 0.840 bits per heavy atom. The molecule has 1 N–H and O–H groups in total. The van der Waals surface area contributed by atoms with Crippen LogP contribution in [0.1, 0.15) is 11.1 Å². The van der Waals surface area contributed by atoms with Gasteiger partial charge in [-0.3, -0.25) is 0 Å². The van der Waals surface area contributed by atoms with Crippen LogP contribution in [0.15, 0.2) is 59.5 Å². The summed E-state index contributed by atoms with van der Waals surface area (Å²) in [6.07, 6.45) is 0.312. The van der Waals surface area contributed by atoms with Crippen molar-refractivity contribution in [3.63, 3.8) is 0 Å². The van der Waals surface area contributed by atoms with Gasteiger partial charge in [0, 0.05) is 20.6 Å². The summed E-state index contributed by atoms with van der Waals surface area (Å²) < 4.78 is 51.9. The molecule has 0 aliphatic carbocycles. The lowest BCUT2D eigenvalue weighted by molar-refractivity contribution is 0.520. The molecular weight excluding hydrogens is 360 g/mol. The number of rotatable bonds is 8. The van der Waals surface area contributed by atoms with Gasteiger partial charge in [-0.2, -0.15) is 0 Å². The molecule has 0 amide bonds. The molecule has 0 heterocycles. The molecule has 0 aliphatic heterocycles. The fraction of sp³-hybridized carbons (Fsp3) is 0.294. The van der Waals surface area contributed by atoms with Gasteiger partial charge in [0.15, 0.2) is 0 Å². The first-order chi connectivity index (χ1) is 11.7. The summed E-state index contributed by atoms with van der Waals surface area (Å²) in [5, 5.41) is 0. The van der Waals surface area contributed by atoms with E-state index in [1.54, 1.807) is 12.1 Å². The van der Waals surface area contributed by atoms with Crippen LogP contribution in [0.3, 0.4) is 0 Å². The van der Waals surface area contributed by atoms with Crippen molar-refractivity contribution in [3.8, 4) is 0 Å². The molecule has 2 aromatic carbocycles. The first-order valence-electron chi connectivity index (χ1n) is 7.73. The van der Waals surface area contributed by atoms with E-state index in [0.29, 0.717) is 6.42 Å². The predicted octanol–water partition coefficient (Wildman–Crippen LogP) is 1.60. The summed E-state index contributed by atoms with van der Waals surface area (Å²) in [7, 11) is -3.95. The summed E-state index contributed by atoms with van der Waals surface area (Å²) in [5.41, 5.74) is 1.66. The Morgan fingerprint density at radius 3 is 2.00 bits per heavy atom. The fourth-order valence-corrected chi connectivity index (χ4v) is 4.09. The lowest BCUT2D eigenvalue weighted by Gasteiger charge is -2.12. The standard InChI is InChI=1S/C17H22N2O4S2/c1-19(2)25(22,23)17-10-8-15(9-11-17)12-13-24(20,21)18-14-16-6-4-3-5-7-16/h3-11,18H,12-14H2,1-2H3. The van der Waals surface area contributed by atoms with Crippen LogP contribution in [0.25, 0.3) is 0 Å². The Bertz CT molecular complexity index is 891. The molecule has 0 bridgehead atoms. The van der Waals surface area contributed by atoms with Crippen LogP contribution in [0, 0.1) is 0 Å². The Morgan fingerprint density at radius 2 is 1.44 bits per heavy atom. The molecule has 0 spiro atoms. The minimum absolute atomic E-state index is 0.0559.